The van der Waals surface area contributed by atoms with E-state index in [-0.39, 0.29) is 24.0 Å². The molecular weight excluding hydrogens is 521 g/mol. The van der Waals surface area contributed by atoms with Crippen LogP contribution in [0.2, 0.25) is 0 Å². The Labute approximate surface area is 239 Å². The number of pyridine rings is 1. The Hall–Kier alpha value is -4.47. The van der Waals surface area contributed by atoms with Gasteiger partial charge in [0.15, 0.2) is 11.5 Å². The number of fused-ring (bicyclic) bond motifs is 1. The molecule has 2 aromatic carbocycles. The normalized spacial score (nSPS) is 15.3. The first-order valence-electron chi connectivity index (χ1n) is 13.7. The molecule has 0 aliphatic carbocycles. The number of carbonyl (C=O) groups is 2. The van der Waals surface area contributed by atoms with Gasteiger partial charge in [0, 0.05) is 50.7 Å². The highest BCUT2D eigenvalue weighted by Crippen LogP contribution is 2.34. The molecule has 2 N–H and O–H groups in total. The summed E-state index contributed by atoms with van der Waals surface area (Å²) in [6.45, 7) is 7.73. The molecule has 1 aliphatic rings. The molecule has 1 aliphatic heterocycles. The number of likely N-dealkylation sites (tertiary alicyclic amines) is 1. The van der Waals surface area contributed by atoms with Crippen LogP contribution >= 0.6 is 0 Å². The number of aromatic nitrogens is 3. The van der Waals surface area contributed by atoms with E-state index < -0.39 is 5.82 Å². The maximum absolute atomic E-state index is 15.5. The molecule has 0 spiro atoms. The summed E-state index contributed by atoms with van der Waals surface area (Å²) in [7, 11) is 3.49. The van der Waals surface area contributed by atoms with E-state index in [1.807, 2.05) is 36.4 Å². The first kappa shape index (κ1) is 28.1. The molecule has 3 heterocycles. The Morgan fingerprint density at radius 1 is 1.17 bits per heavy atom. The van der Waals surface area contributed by atoms with Crippen molar-refractivity contribution in [3.8, 4) is 11.1 Å². The third-order valence-electron chi connectivity index (χ3n) is 7.54. The summed E-state index contributed by atoms with van der Waals surface area (Å²) < 4.78 is 15.5. The number of amides is 3. The third kappa shape index (κ3) is 5.86. The first-order chi connectivity index (χ1) is 19.5. The fraction of sp³-hybridized carbons (Fsp3) is 0.355. The molecule has 9 nitrogen and oxygen atoms in total. The summed E-state index contributed by atoms with van der Waals surface area (Å²) in [5.41, 5.74) is 4.31. The molecule has 2 aromatic heterocycles. The molecular formula is C31H36FN7O2. The number of hydrogen-bond acceptors (Lipinski definition) is 5. The highest BCUT2D eigenvalue weighted by Gasteiger charge is 2.28. The molecule has 0 bridgehead atoms. The van der Waals surface area contributed by atoms with Gasteiger partial charge >= 0.3 is 6.03 Å². The van der Waals surface area contributed by atoms with Crippen molar-refractivity contribution in [3.05, 3.63) is 71.7 Å². The minimum Gasteiger partial charge on any atom is -0.363 e. The first-order valence-corrected chi connectivity index (χ1v) is 13.7. The van der Waals surface area contributed by atoms with Crippen molar-refractivity contribution in [2.75, 3.05) is 37.4 Å². The van der Waals surface area contributed by atoms with E-state index in [1.54, 1.807) is 36.2 Å². The number of anilines is 2. The quantitative estimate of drug-likeness (QED) is 0.297. The summed E-state index contributed by atoms with van der Waals surface area (Å²) >= 11 is 0. The number of hydrogen-bond donors (Lipinski definition) is 2. The van der Waals surface area contributed by atoms with Gasteiger partial charge in [-0.2, -0.15) is 5.10 Å². The van der Waals surface area contributed by atoms with Gasteiger partial charge in [0.2, 0.25) is 6.41 Å². The largest absolute Gasteiger partial charge is 0.363 e. The second-order valence-electron chi connectivity index (χ2n) is 11.7. The number of H-pyrrole nitrogens is 1. The predicted octanol–water partition coefficient (Wildman–Crippen LogP) is 5.39. The summed E-state index contributed by atoms with van der Waals surface area (Å²) in [6.07, 6.45) is 3.18. The van der Waals surface area contributed by atoms with Crippen LogP contribution in [0.25, 0.3) is 22.2 Å². The van der Waals surface area contributed by atoms with Gasteiger partial charge in [-0.25, -0.2) is 14.2 Å². The van der Waals surface area contributed by atoms with E-state index in [0.29, 0.717) is 41.4 Å². The number of benzene rings is 2. The minimum atomic E-state index is -0.405. The molecule has 0 unspecified atom stereocenters. The van der Waals surface area contributed by atoms with Crippen LogP contribution in [0.3, 0.4) is 0 Å². The van der Waals surface area contributed by atoms with Gasteiger partial charge in [-0.1, -0.05) is 45.0 Å². The number of urea groups is 1. The van der Waals surface area contributed by atoms with E-state index >= 15 is 4.39 Å². The predicted molar refractivity (Wildman–Crippen MR) is 159 cm³/mol. The van der Waals surface area contributed by atoms with E-state index in [9.17, 15) is 9.59 Å². The third-order valence-corrected chi connectivity index (χ3v) is 7.54. The average molecular weight is 558 g/mol. The van der Waals surface area contributed by atoms with Crippen LogP contribution in [-0.2, 0) is 16.8 Å². The smallest absolute Gasteiger partial charge is 0.319 e. The fourth-order valence-electron chi connectivity index (χ4n) is 5.19. The molecule has 0 saturated carbocycles. The van der Waals surface area contributed by atoms with Crippen LogP contribution < -0.4 is 10.2 Å². The van der Waals surface area contributed by atoms with Gasteiger partial charge in [-0.3, -0.25) is 9.89 Å². The van der Waals surface area contributed by atoms with Gasteiger partial charge in [-0.15, -0.1) is 0 Å². The molecule has 1 fully saturated rings. The van der Waals surface area contributed by atoms with Crippen molar-refractivity contribution in [1.82, 2.24) is 25.0 Å². The van der Waals surface area contributed by atoms with Crippen LogP contribution in [-0.4, -0.2) is 70.6 Å². The van der Waals surface area contributed by atoms with Crippen LogP contribution in [0.1, 0.15) is 38.3 Å². The summed E-state index contributed by atoms with van der Waals surface area (Å²) in [5.74, 6) is 0.208. The summed E-state index contributed by atoms with van der Waals surface area (Å²) in [6, 6.07) is 14.7. The molecule has 1 saturated heterocycles. The van der Waals surface area contributed by atoms with Crippen LogP contribution in [0.5, 0.6) is 0 Å². The SMILES string of the molecule is CN(C)C(=O)N1CC[C@H](Nc2n[nH]c3nccc(-c4ccc(CN(C=O)c5ccc(C(C)(C)C)cc5)c(F)c4)c23)C1. The number of nitrogens with zero attached hydrogens (tertiary/aromatic N) is 5. The summed E-state index contributed by atoms with van der Waals surface area (Å²) in [4.78, 5) is 33.6. The Morgan fingerprint density at radius 2 is 1.93 bits per heavy atom. The van der Waals surface area contributed by atoms with E-state index in [4.69, 9.17) is 0 Å². The van der Waals surface area contributed by atoms with Gasteiger partial charge in [0.05, 0.1) is 11.9 Å². The van der Waals surface area contributed by atoms with Crippen molar-refractivity contribution >= 4 is 35.0 Å². The average Bonchev–Trinajstić information content (AvgIpc) is 3.59. The Balaban J connectivity index is 1.37. The Bertz CT molecular complexity index is 1560. The van der Waals surface area contributed by atoms with Crippen molar-refractivity contribution in [2.24, 2.45) is 0 Å². The maximum atomic E-state index is 15.5. The van der Waals surface area contributed by atoms with E-state index in [0.717, 1.165) is 29.3 Å². The number of aromatic amines is 1. The molecule has 10 heteroatoms. The lowest BCUT2D eigenvalue weighted by Gasteiger charge is -2.22. The zero-order valence-electron chi connectivity index (χ0n) is 24.1. The van der Waals surface area contributed by atoms with Gasteiger partial charge in [0.25, 0.3) is 0 Å². The van der Waals surface area contributed by atoms with Crippen molar-refractivity contribution in [1.29, 1.82) is 0 Å². The van der Waals surface area contributed by atoms with E-state index in [2.05, 4.69) is 41.3 Å². The van der Waals surface area contributed by atoms with Crippen molar-refractivity contribution in [2.45, 2.75) is 45.2 Å². The lowest BCUT2D eigenvalue weighted by Crippen LogP contribution is -2.38. The Morgan fingerprint density at radius 3 is 2.59 bits per heavy atom. The zero-order valence-corrected chi connectivity index (χ0v) is 24.1. The zero-order chi connectivity index (χ0) is 29.3. The molecule has 4 aromatic rings. The monoisotopic (exact) mass is 557 g/mol. The summed E-state index contributed by atoms with van der Waals surface area (Å²) in [5, 5.41) is 11.6. The lowest BCUT2D eigenvalue weighted by molar-refractivity contribution is -0.107. The van der Waals surface area contributed by atoms with Gasteiger partial charge in [-0.05, 0) is 52.8 Å². The topological polar surface area (TPSA) is 97.5 Å². The number of nitrogens with one attached hydrogen (secondary N) is 2. The fourth-order valence-corrected chi connectivity index (χ4v) is 5.19. The maximum Gasteiger partial charge on any atom is 0.319 e. The van der Waals surface area contributed by atoms with E-state index in [1.165, 1.54) is 11.0 Å². The highest BCUT2D eigenvalue weighted by atomic mass is 19.1. The highest BCUT2D eigenvalue weighted by molar-refractivity contribution is 6.00. The number of carbonyl (C=O) groups excluding carboxylic acids is 2. The number of halogens is 1. The molecule has 0 radical (unpaired) electrons. The number of rotatable bonds is 7. The lowest BCUT2D eigenvalue weighted by atomic mass is 9.87. The van der Waals surface area contributed by atoms with Crippen LogP contribution in [0.4, 0.5) is 20.7 Å². The molecule has 3 amide bonds. The van der Waals surface area contributed by atoms with Crippen molar-refractivity contribution < 1.29 is 14.0 Å². The Kier molecular flexibility index (Phi) is 7.66. The molecule has 41 heavy (non-hydrogen) atoms. The minimum absolute atomic E-state index is 0.00218. The molecule has 214 valence electrons. The van der Waals surface area contributed by atoms with Gasteiger partial charge in [0.1, 0.15) is 5.82 Å². The molecule has 5 rings (SSSR count). The standard InChI is InChI=1S/C31H36FN7O2/c1-31(2,3)22-8-10-24(11-9-22)39(19-40)17-21-7-6-20(16-26(21)32)25-12-14-33-28-27(25)29(36-35-28)34-23-13-15-38(18-23)30(41)37(4)5/h6-12,14,16,19,23H,13,15,17-18H2,1-5H3,(H2,33,34,35,36)/t23-/m0/s1. The second kappa shape index (κ2) is 11.2. The van der Waals surface area contributed by atoms with Crippen molar-refractivity contribution in [3.63, 3.8) is 0 Å². The van der Waals surface area contributed by atoms with Crippen LogP contribution in [0.15, 0.2) is 54.7 Å². The van der Waals surface area contributed by atoms with Gasteiger partial charge < -0.3 is 20.0 Å². The second-order valence-corrected chi connectivity index (χ2v) is 11.7. The van der Waals surface area contributed by atoms with Crippen LogP contribution in [0, 0.1) is 5.82 Å². The molecule has 1 atom stereocenters.